The molecule has 0 fully saturated rings. The van der Waals surface area contributed by atoms with Gasteiger partial charge in [0.2, 0.25) is 15.2 Å². The fraction of sp³-hybridized carbons (Fsp3) is 0.240. The molecule has 13 nitrogen and oxygen atoms in total. The third-order valence-corrected chi connectivity index (χ3v) is 9.25. The second-order valence-electron chi connectivity index (χ2n) is 8.82. The summed E-state index contributed by atoms with van der Waals surface area (Å²) in [5.41, 5.74) is 5.45. The number of nitrogens with one attached hydrogen (secondary N) is 1. The van der Waals surface area contributed by atoms with E-state index < -0.39 is 34.6 Å². The lowest BCUT2D eigenvalue weighted by molar-refractivity contribution is -2.00. The van der Waals surface area contributed by atoms with Crippen molar-refractivity contribution in [1.82, 2.24) is 10.2 Å². The van der Waals surface area contributed by atoms with Crippen molar-refractivity contribution in [2.24, 2.45) is 5.14 Å². The van der Waals surface area contributed by atoms with E-state index in [4.69, 9.17) is 23.8 Å². The van der Waals surface area contributed by atoms with Crippen molar-refractivity contribution in [3.8, 4) is 16.8 Å². The molecule has 2 heterocycles. The summed E-state index contributed by atoms with van der Waals surface area (Å²) in [4.78, 5) is 0.0131. The van der Waals surface area contributed by atoms with Crippen LogP contribution >= 0.6 is 11.3 Å². The number of primary sulfonamides is 1. The highest BCUT2D eigenvalue weighted by molar-refractivity contribution is 7.93. The maximum absolute atomic E-state index is 12.9. The minimum atomic E-state index is -4.94. The Morgan fingerprint density at radius 3 is 1.81 bits per heavy atom. The van der Waals surface area contributed by atoms with Gasteiger partial charge in [0.15, 0.2) is 11.4 Å². The Kier molecular flexibility index (Phi) is 11.1. The van der Waals surface area contributed by atoms with Crippen LogP contribution in [0, 0.1) is 10.2 Å². The van der Waals surface area contributed by atoms with Crippen molar-refractivity contribution < 1.29 is 50.3 Å². The normalized spacial score (nSPS) is 12.0. The molecule has 0 saturated heterocycles. The number of anilines is 1. The molecule has 4 aromatic rings. The van der Waals surface area contributed by atoms with Crippen molar-refractivity contribution in [2.45, 2.75) is 48.8 Å². The van der Waals surface area contributed by atoms with Crippen LogP contribution in [0.3, 0.4) is 0 Å². The van der Waals surface area contributed by atoms with Gasteiger partial charge in [-0.25, -0.2) is 40.6 Å². The van der Waals surface area contributed by atoms with Crippen LogP contribution in [0.4, 0.5) is 5.13 Å². The fourth-order valence-corrected chi connectivity index (χ4v) is 6.60. The van der Waals surface area contributed by atoms with E-state index in [-0.39, 0.29) is 10.0 Å². The molecule has 0 aliphatic rings. The van der Waals surface area contributed by atoms with Crippen molar-refractivity contribution in [2.75, 3.05) is 4.72 Å². The van der Waals surface area contributed by atoms with Crippen LogP contribution in [-0.4, -0.2) is 27.0 Å². The van der Waals surface area contributed by atoms with Crippen LogP contribution in [0.5, 0.6) is 0 Å². The van der Waals surface area contributed by atoms with Gasteiger partial charge in [0.1, 0.15) is 0 Å². The molecule has 0 spiro atoms. The maximum Gasteiger partial charge on any atom is 0.267 e. The highest BCUT2D eigenvalue weighted by Crippen LogP contribution is 2.25. The molecule has 0 radical (unpaired) electrons. The first-order chi connectivity index (χ1) is 19.6. The first-order valence-electron chi connectivity index (χ1n) is 12.4. The van der Waals surface area contributed by atoms with Crippen molar-refractivity contribution >= 4 is 36.5 Å². The van der Waals surface area contributed by atoms with Gasteiger partial charge in [-0.05, 0) is 36.1 Å². The monoisotopic (exact) mass is 657 g/mol. The number of aryl methyl sites for hydroxylation is 2. The number of hydrogen-bond acceptors (Lipinski definition) is 11. The number of nitrogens with zero attached hydrogens (tertiary/aromatic N) is 3. The quantitative estimate of drug-likeness (QED) is 0.199. The molecule has 0 aliphatic carbocycles. The van der Waals surface area contributed by atoms with E-state index in [1.165, 1.54) is 12.1 Å². The first kappa shape index (κ1) is 33.4. The number of benzene rings is 2. The second kappa shape index (κ2) is 13.9. The summed E-state index contributed by atoms with van der Waals surface area (Å²) in [6, 6.07) is 21.2. The highest BCUT2D eigenvalue weighted by atomic mass is 35.7. The fourth-order valence-electron chi connectivity index (χ4n) is 4.04. The maximum atomic E-state index is 12.9. The van der Waals surface area contributed by atoms with Gasteiger partial charge in [-0.2, -0.15) is 4.57 Å². The minimum absolute atomic E-state index is 0.0131. The standard InChI is InChI=1S/C25H28N5O4S3.ClHO4/c1-3-8-21-16-19(18-10-6-5-7-11-18)17-22(9-4-2)30(21)20-12-14-23(15-13-20)37(33,34)29-24-27-28-25(35-24)36(26,31)32;2-1(3,4)5/h5-7,10-17H,3-4,8-9H2,1-2H3,(H,27,29)(H2,26,31,32);(H,2,3,4,5)/q+1;/p-1. The van der Waals surface area contributed by atoms with Crippen molar-refractivity contribution in [3.05, 3.63) is 78.1 Å². The van der Waals surface area contributed by atoms with Gasteiger partial charge in [-0.1, -0.05) is 55.5 Å². The Morgan fingerprint density at radius 2 is 1.36 bits per heavy atom. The second-order valence-corrected chi connectivity index (χ2v) is 14.0. The smallest absolute Gasteiger partial charge is 0.253 e. The lowest BCUT2D eigenvalue weighted by Crippen LogP contribution is -2.68. The van der Waals surface area contributed by atoms with E-state index in [2.05, 4.69) is 57.6 Å². The first-order valence-corrected chi connectivity index (χ1v) is 17.4. The zero-order valence-electron chi connectivity index (χ0n) is 22.5. The molecule has 0 bridgehead atoms. The van der Waals surface area contributed by atoms with Gasteiger partial charge < -0.3 is 0 Å². The molecule has 2 aromatic heterocycles. The molecule has 226 valence electrons. The lowest BCUT2D eigenvalue weighted by Gasteiger charge is -2.17. The lowest BCUT2D eigenvalue weighted by atomic mass is 10.0. The van der Waals surface area contributed by atoms with Gasteiger partial charge in [0, 0.05) is 37.1 Å². The summed E-state index contributed by atoms with van der Waals surface area (Å²) < 4.78 is 86.6. The predicted molar refractivity (Wildman–Crippen MR) is 143 cm³/mol. The largest absolute Gasteiger partial charge is 0.267 e. The Balaban J connectivity index is 0.000000892. The molecule has 0 atom stereocenters. The van der Waals surface area contributed by atoms with Crippen LogP contribution in [0.2, 0.25) is 0 Å². The predicted octanol–water partition coefficient (Wildman–Crippen LogP) is -0.921. The Hall–Kier alpha value is -3.06. The summed E-state index contributed by atoms with van der Waals surface area (Å²) in [5.74, 6) is 0. The number of rotatable bonds is 10. The van der Waals surface area contributed by atoms with Crippen LogP contribution < -0.4 is 33.1 Å². The summed E-state index contributed by atoms with van der Waals surface area (Å²) in [6.45, 7) is 4.27. The molecule has 17 heteroatoms. The topological polar surface area (TPSA) is 228 Å². The number of hydrogen-bond donors (Lipinski definition) is 2. The molecule has 3 N–H and O–H groups in total. The van der Waals surface area contributed by atoms with E-state index in [1.54, 1.807) is 12.1 Å². The average Bonchev–Trinajstić information content (AvgIpc) is 3.37. The van der Waals surface area contributed by atoms with E-state index in [9.17, 15) is 16.8 Å². The third-order valence-electron chi connectivity index (χ3n) is 5.61. The summed E-state index contributed by atoms with van der Waals surface area (Å²) in [7, 11) is -13.0. The van der Waals surface area contributed by atoms with Crippen LogP contribution in [0.15, 0.2) is 76.0 Å². The molecule has 4 rings (SSSR count). The van der Waals surface area contributed by atoms with E-state index >= 15 is 0 Å². The van der Waals surface area contributed by atoms with Crippen LogP contribution in [0.1, 0.15) is 38.1 Å². The van der Waals surface area contributed by atoms with Gasteiger partial charge in [0.25, 0.3) is 20.0 Å². The van der Waals surface area contributed by atoms with Crippen molar-refractivity contribution in [3.63, 3.8) is 0 Å². The van der Waals surface area contributed by atoms with E-state index in [0.717, 1.165) is 53.9 Å². The molecule has 0 unspecified atom stereocenters. The van der Waals surface area contributed by atoms with Crippen LogP contribution in [-0.2, 0) is 32.9 Å². The van der Waals surface area contributed by atoms with Gasteiger partial charge in [-0.15, -0.1) is 20.4 Å². The van der Waals surface area contributed by atoms with Crippen LogP contribution in [0.25, 0.3) is 16.8 Å². The van der Waals surface area contributed by atoms with E-state index in [1.807, 2.05) is 18.2 Å². The number of sulfonamides is 2. The molecular formula is C25H28ClN5O8S3. The Bertz CT molecular complexity index is 1680. The highest BCUT2D eigenvalue weighted by Gasteiger charge is 2.24. The SMILES string of the molecule is CCCc1cc(-c2ccccc2)cc(CCC)[n+]1-c1ccc(S(=O)(=O)Nc2nnc(S(N)(=O)=O)s2)cc1.[O-][Cl+3]([O-])([O-])[O-]. The summed E-state index contributed by atoms with van der Waals surface area (Å²) in [5, 5.41) is 11.8. The minimum Gasteiger partial charge on any atom is -0.253 e. The molecule has 0 aliphatic heterocycles. The zero-order chi connectivity index (χ0) is 31.1. The molecule has 42 heavy (non-hydrogen) atoms. The molecule has 0 saturated carbocycles. The number of aromatic nitrogens is 3. The Labute approximate surface area is 249 Å². The zero-order valence-corrected chi connectivity index (χ0v) is 25.7. The summed E-state index contributed by atoms with van der Waals surface area (Å²) >= 11 is 0.546. The summed E-state index contributed by atoms with van der Waals surface area (Å²) in [6.07, 6.45) is 3.65. The van der Waals surface area contributed by atoms with Gasteiger partial charge in [-0.3, -0.25) is 4.72 Å². The van der Waals surface area contributed by atoms with Gasteiger partial charge in [0.05, 0.1) is 4.90 Å². The molecular weight excluding hydrogens is 630 g/mol. The van der Waals surface area contributed by atoms with Gasteiger partial charge >= 0.3 is 0 Å². The number of halogens is 1. The molecule has 0 amide bonds. The Morgan fingerprint density at radius 1 is 0.833 bits per heavy atom. The number of nitrogens with two attached hydrogens (primary N) is 1. The third kappa shape index (κ3) is 9.48. The molecule has 2 aromatic carbocycles. The average molecular weight is 658 g/mol. The number of pyridine rings is 1. The van der Waals surface area contributed by atoms with Crippen molar-refractivity contribution in [1.29, 1.82) is 0 Å². The van der Waals surface area contributed by atoms with E-state index in [0.29, 0.717) is 11.3 Å².